The van der Waals surface area contributed by atoms with E-state index in [2.05, 4.69) is 9.40 Å². The zero-order valence-electron chi connectivity index (χ0n) is 6.95. The molecule has 15 heavy (non-hydrogen) atoms. The number of fused-ring (bicyclic) bond motifs is 1. The van der Waals surface area contributed by atoms with Gasteiger partial charge in [-0.2, -0.15) is 0 Å². The van der Waals surface area contributed by atoms with Gasteiger partial charge in [0.05, 0.1) is 5.52 Å². The molecule has 0 saturated carbocycles. The van der Waals surface area contributed by atoms with Gasteiger partial charge in [-0.1, -0.05) is 0 Å². The lowest BCUT2D eigenvalue weighted by Crippen LogP contribution is -1.95. The third kappa shape index (κ3) is 1.64. The molecular formula is C7H3ClFNO4S. The average molecular weight is 252 g/mol. The fourth-order valence-corrected chi connectivity index (χ4v) is 2.05. The van der Waals surface area contributed by atoms with E-state index in [4.69, 9.17) is 10.7 Å². The molecule has 1 heterocycles. The van der Waals surface area contributed by atoms with E-state index in [9.17, 15) is 17.6 Å². The van der Waals surface area contributed by atoms with Crippen LogP contribution in [0.2, 0.25) is 0 Å². The smallest absolute Gasteiger partial charge is 0.405 e. The molecule has 0 radical (unpaired) electrons. The SMILES string of the molecule is O=c1[nH]c2ccc(S(=O)(=O)Cl)c(F)c2o1. The largest absolute Gasteiger partial charge is 0.417 e. The van der Waals surface area contributed by atoms with Gasteiger partial charge in [0, 0.05) is 10.7 Å². The van der Waals surface area contributed by atoms with Gasteiger partial charge in [0.25, 0.3) is 9.05 Å². The third-order valence-corrected chi connectivity index (χ3v) is 3.10. The van der Waals surface area contributed by atoms with Crippen molar-refractivity contribution in [3.8, 4) is 0 Å². The summed E-state index contributed by atoms with van der Waals surface area (Å²) in [6, 6.07) is 2.14. The van der Waals surface area contributed by atoms with Crippen LogP contribution < -0.4 is 5.76 Å². The Labute approximate surface area is 86.9 Å². The number of halogens is 2. The maximum Gasteiger partial charge on any atom is 0.417 e. The minimum absolute atomic E-state index is 0.0709. The van der Waals surface area contributed by atoms with Gasteiger partial charge < -0.3 is 4.42 Å². The number of hydrogen-bond donors (Lipinski definition) is 1. The summed E-state index contributed by atoms with van der Waals surface area (Å²) in [5.74, 6) is -2.05. The first-order chi connectivity index (χ1) is 6.89. The van der Waals surface area contributed by atoms with Crippen LogP contribution in [0.4, 0.5) is 4.39 Å². The van der Waals surface area contributed by atoms with Crippen LogP contribution in [0.3, 0.4) is 0 Å². The monoisotopic (exact) mass is 251 g/mol. The van der Waals surface area contributed by atoms with Crippen molar-refractivity contribution in [2.24, 2.45) is 0 Å². The number of aromatic nitrogens is 1. The Morgan fingerprint density at radius 1 is 1.40 bits per heavy atom. The van der Waals surface area contributed by atoms with Gasteiger partial charge in [-0.15, -0.1) is 0 Å². The fraction of sp³-hybridized carbons (Fsp3) is 0. The highest BCUT2D eigenvalue weighted by atomic mass is 35.7. The van der Waals surface area contributed by atoms with Gasteiger partial charge in [-0.05, 0) is 12.1 Å². The Morgan fingerprint density at radius 2 is 2.07 bits per heavy atom. The first-order valence-corrected chi connectivity index (χ1v) is 5.96. The van der Waals surface area contributed by atoms with Gasteiger partial charge in [-0.3, -0.25) is 4.98 Å². The lowest BCUT2D eigenvalue weighted by molar-refractivity contribution is 0.512. The number of hydrogen-bond acceptors (Lipinski definition) is 4. The molecule has 1 aromatic heterocycles. The molecular weight excluding hydrogens is 249 g/mol. The molecule has 1 N–H and O–H groups in total. The van der Waals surface area contributed by atoms with Crippen LogP contribution in [0.1, 0.15) is 0 Å². The molecule has 0 aliphatic carbocycles. The van der Waals surface area contributed by atoms with Gasteiger partial charge in [0.2, 0.25) is 0 Å². The molecule has 2 aromatic rings. The minimum atomic E-state index is -4.19. The standard InChI is InChI=1S/C7H3ClFNO4S/c8-15(12,13)4-2-1-3-6(5(4)9)14-7(11)10-3/h1-2H,(H,10,11). The molecule has 0 atom stereocenters. The van der Waals surface area contributed by atoms with Gasteiger partial charge in [0.1, 0.15) is 4.90 Å². The number of benzene rings is 1. The van der Waals surface area contributed by atoms with Gasteiger partial charge >= 0.3 is 5.76 Å². The van der Waals surface area contributed by atoms with Crippen molar-refractivity contribution >= 4 is 30.8 Å². The Hall–Kier alpha value is -1.34. The van der Waals surface area contributed by atoms with Crippen LogP contribution in [0.15, 0.2) is 26.2 Å². The summed E-state index contributed by atoms with van der Waals surface area (Å²) in [6.45, 7) is 0. The van der Waals surface area contributed by atoms with Crippen LogP contribution in [0.25, 0.3) is 11.1 Å². The van der Waals surface area contributed by atoms with E-state index in [1.54, 1.807) is 0 Å². The Balaban J connectivity index is 2.93. The second kappa shape index (κ2) is 3.07. The van der Waals surface area contributed by atoms with Crippen LogP contribution in [-0.2, 0) is 9.05 Å². The van der Waals surface area contributed by atoms with E-state index >= 15 is 0 Å². The minimum Gasteiger partial charge on any atom is -0.405 e. The molecule has 0 aliphatic heterocycles. The van der Waals surface area contributed by atoms with E-state index in [0.29, 0.717) is 0 Å². The lowest BCUT2D eigenvalue weighted by Gasteiger charge is -1.97. The predicted octanol–water partition coefficient (Wildman–Crippen LogP) is 1.19. The average Bonchev–Trinajstić information content (AvgIpc) is 2.44. The predicted molar refractivity (Wildman–Crippen MR) is 49.8 cm³/mol. The summed E-state index contributed by atoms with van der Waals surface area (Å²) in [5.41, 5.74) is -0.386. The van der Waals surface area contributed by atoms with Crippen LogP contribution in [-0.4, -0.2) is 13.4 Å². The van der Waals surface area contributed by atoms with Crippen molar-refractivity contribution in [2.75, 3.05) is 0 Å². The van der Waals surface area contributed by atoms with Crippen molar-refractivity contribution in [3.63, 3.8) is 0 Å². The van der Waals surface area contributed by atoms with E-state index in [0.717, 1.165) is 6.07 Å². The summed E-state index contributed by atoms with van der Waals surface area (Å²) in [4.78, 5) is 12.2. The van der Waals surface area contributed by atoms with E-state index in [1.165, 1.54) is 6.07 Å². The topological polar surface area (TPSA) is 80.1 Å². The molecule has 0 unspecified atom stereocenters. The Bertz CT molecular complexity index is 687. The highest BCUT2D eigenvalue weighted by Gasteiger charge is 2.20. The van der Waals surface area contributed by atoms with Crippen LogP contribution >= 0.6 is 10.7 Å². The van der Waals surface area contributed by atoms with E-state index < -0.39 is 31.1 Å². The lowest BCUT2D eigenvalue weighted by atomic mass is 10.3. The molecule has 0 fully saturated rings. The molecule has 0 saturated heterocycles. The van der Waals surface area contributed by atoms with Crippen LogP contribution in [0.5, 0.6) is 0 Å². The molecule has 2 rings (SSSR count). The number of nitrogens with one attached hydrogen (secondary N) is 1. The van der Waals surface area contributed by atoms with Crippen molar-refractivity contribution < 1.29 is 17.2 Å². The van der Waals surface area contributed by atoms with Crippen molar-refractivity contribution in [3.05, 3.63) is 28.5 Å². The highest BCUT2D eigenvalue weighted by molar-refractivity contribution is 8.13. The van der Waals surface area contributed by atoms with E-state index in [-0.39, 0.29) is 5.52 Å². The van der Waals surface area contributed by atoms with Crippen molar-refractivity contribution in [2.45, 2.75) is 4.90 Å². The maximum absolute atomic E-state index is 13.5. The summed E-state index contributed by atoms with van der Waals surface area (Å²) in [7, 11) is 0.779. The first kappa shape index (κ1) is 10.2. The second-order valence-corrected chi connectivity index (χ2v) is 5.24. The molecule has 5 nitrogen and oxygen atoms in total. The first-order valence-electron chi connectivity index (χ1n) is 3.65. The molecule has 8 heteroatoms. The highest BCUT2D eigenvalue weighted by Crippen LogP contribution is 2.24. The Kier molecular flexibility index (Phi) is 2.09. The molecule has 0 amide bonds. The zero-order chi connectivity index (χ0) is 11.2. The van der Waals surface area contributed by atoms with Gasteiger partial charge in [-0.25, -0.2) is 17.6 Å². The third-order valence-electron chi connectivity index (χ3n) is 1.76. The number of rotatable bonds is 1. The zero-order valence-corrected chi connectivity index (χ0v) is 8.52. The summed E-state index contributed by atoms with van der Waals surface area (Å²) in [6.07, 6.45) is 0. The van der Waals surface area contributed by atoms with Crippen LogP contribution in [0, 0.1) is 5.82 Å². The summed E-state index contributed by atoms with van der Waals surface area (Å²) in [5, 5.41) is 0. The van der Waals surface area contributed by atoms with Crippen molar-refractivity contribution in [1.82, 2.24) is 4.98 Å². The number of oxazole rings is 1. The fourth-order valence-electron chi connectivity index (χ4n) is 1.15. The number of H-pyrrole nitrogens is 1. The van der Waals surface area contributed by atoms with Crippen molar-refractivity contribution in [1.29, 1.82) is 0 Å². The normalized spacial score (nSPS) is 12.1. The van der Waals surface area contributed by atoms with E-state index in [1.807, 2.05) is 0 Å². The summed E-state index contributed by atoms with van der Waals surface area (Å²) < 4.78 is 39.7. The maximum atomic E-state index is 13.5. The molecule has 0 spiro atoms. The Morgan fingerprint density at radius 3 is 2.67 bits per heavy atom. The molecule has 0 aliphatic rings. The molecule has 0 bridgehead atoms. The quantitative estimate of drug-likeness (QED) is 0.772. The summed E-state index contributed by atoms with van der Waals surface area (Å²) >= 11 is 0. The van der Waals surface area contributed by atoms with Gasteiger partial charge in [0.15, 0.2) is 11.4 Å². The molecule has 1 aromatic carbocycles. The molecule has 80 valence electrons. The number of aromatic amines is 1. The second-order valence-electron chi connectivity index (χ2n) is 2.71.